The van der Waals surface area contributed by atoms with Gasteiger partial charge in [-0.1, -0.05) is 64.1 Å². The third-order valence-corrected chi connectivity index (χ3v) is 4.09. The number of hydrogen-bond acceptors (Lipinski definition) is 3. The lowest BCUT2D eigenvalue weighted by atomic mass is 9.86. The Labute approximate surface area is 156 Å². The van der Waals surface area contributed by atoms with Gasteiger partial charge in [-0.2, -0.15) is 5.10 Å². The maximum Gasteiger partial charge on any atom is 0.277 e. The van der Waals surface area contributed by atoms with Crippen molar-refractivity contribution >= 4 is 12.1 Å². The highest BCUT2D eigenvalue weighted by Crippen LogP contribution is 2.31. The summed E-state index contributed by atoms with van der Waals surface area (Å²) in [6, 6.07) is 14.1. The maximum atomic E-state index is 12.0. The van der Waals surface area contributed by atoms with Gasteiger partial charge >= 0.3 is 0 Å². The van der Waals surface area contributed by atoms with Crippen molar-refractivity contribution in [3.05, 3.63) is 64.7 Å². The van der Waals surface area contributed by atoms with E-state index in [-0.39, 0.29) is 17.9 Å². The molecule has 0 aromatic heterocycles. The molecule has 2 aromatic carbocycles. The molecule has 26 heavy (non-hydrogen) atoms. The monoisotopic (exact) mass is 352 g/mol. The molecule has 2 aromatic rings. The van der Waals surface area contributed by atoms with Gasteiger partial charge in [-0.3, -0.25) is 4.79 Å². The fourth-order valence-electron chi connectivity index (χ4n) is 2.56. The Morgan fingerprint density at radius 1 is 1.15 bits per heavy atom. The number of nitrogens with one attached hydrogen (secondary N) is 1. The smallest absolute Gasteiger partial charge is 0.277 e. The minimum Gasteiger partial charge on any atom is -0.483 e. The second-order valence-electron chi connectivity index (χ2n) is 7.43. The van der Waals surface area contributed by atoms with E-state index in [0.29, 0.717) is 0 Å². The van der Waals surface area contributed by atoms with Gasteiger partial charge in [0.05, 0.1) is 6.21 Å². The summed E-state index contributed by atoms with van der Waals surface area (Å²) in [5.74, 6) is 0.458. The Hall–Kier alpha value is -2.62. The van der Waals surface area contributed by atoms with E-state index >= 15 is 0 Å². The van der Waals surface area contributed by atoms with Crippen molar-refractivity contribution in [1.82, 2.24) is 5.43 Å². The van der Waals surface area contributed by atoms with Crippen LogP contribution in [-0.4, -0.2) is 18.7 Å². The van der Waals surface area contributed by atoms with Crippen LogP contribution in [-0.2, 0) is 16.6 Å². The van der Waals surface area contributed by atoms with Crippen LogP contribution in [0.5, 0.6) is 5.75 Å². The van der Waals surface area contributed by atoms with E-state index in [1.165, 1.54) is 5.56 Å². The summed E-state index contributed by atoms with van der Waals surface area (Å²) in [7, 11) is 0. The molecule has 4 nitrogen and oxygen atoms in total. The number of carbonyl (C=O) groups excluding carboxylic acids is 1. The topological polar surface area (TPSA) is 50.7 Å². The van der Waals surface area contributed by atoms with Crippen molar-refractivity contribution in [2.75, 3.05) is 6.61 Å². The highest BCUT2D eigenvalue weighted by molar-refractivity contribution is 5.82. The maximum absolute atomic E-state index is 12.0. The first kappa shape index (κ1) is 19.7. The van der Waals surface area contributed by atoms with Gasteiger partial charge in [-0.05, 0) is 47.1 Å². The Kier molecular flexibility index (Phi) is 6.56. The first-order valence-electron chi connectivity index (χ1n) is 8.94. The Morgan fingerprint density at radius 2 is 1.85 bits per heavy atom. The average molecular weight is 352 g/mol. The zero-order valence-electron chi connectivity index (χ0n) is 16.3. The molecular formula is C22H28N2O2. The molecule has 0 heterocycles. The van der Waals surface area contributed by atoms with Gasteiger partial charge in [0.25, 0.3) is 5.91 Å². The minimum atomic E-state index is -0.284. The summed E-state index contributed by atoms with van der Waals surface area (Å²) in [6.07, 6.45) is 2.63. The molecule has 0 unspecified atom stereocenters. The fraction of sp³-hybridized carbons (Fsp3) is 0.364. The van der Waals surface area contributed by atoms with Crippen LogP contribution in [0.15, 0.2) is 47.6 Å². The van der Waals surface area contributed by atoms with E-state index in [4.69, 9.17) is 4.74 Å². The van der Waals surface area contributed by atoms with Crippen molar-refractivity contribution in [2.24, 2.45) is 5.10 Å². The van der Waals surface area contributed by atoms with Gasteiger partial charge in [0.2, 0.25) is 0 Å². The van der Waals surface area contributed by atoms with Crippen LogP contribution < -0.4 is 10.2 Å². The SMILES string of the molecule is CCc1ccc(/C=N\NC(=O)COc2cc(C)ccc2C(C)(C)C)cc1. The normalized spacial score (nSPS) is 11.6. The Morgan fingerprint density at radius 3 is 2.46 bits per heavy atom. The van der Waals surface area contributed by atoms with Crippen LogP contribution >= 0.6 is 0 Å². The third-order valence-electron chi connectivity index (χ3n) is 4.09. The molecule has 0 fully saturated rings. The summed E-state index contributed by atoms with van der Waals surface area (Å²) in [5, 5.41) is 3.99. The van der Waals surface area contributed by atoms with Crippen LogP contribution in [0.4, 0.5) is 0 Å². The standard InChI is InChI=1S/C22H28N2O2/c1-6-17-8-10-18(11-9-17)14-23-24-21(25)15-26-20-13-16(2)7-12-19(20)22(3,4)5/h7-14H,6,15H2,1-5H3,(H,24,25)/b23-14-. The van der Waals surface area contributed by atoms with E-state index in [2.05, 4.69) is 62.5 Å². The predicted octanol–water partition coefficient (Wildman–Crippen LogP) is 4.38. The highest BCUT2D eigenvalue weighted by Gasteiger charge is 2.19. The van der Waals surface area contributed by atoms with Crippen molar-refractivity contribution < 1.29 is 9.53 Å². The summed E-state index contributed by atoms with van der Waals surface area (Å²) < 4.78 is 5.75. The number of amides is 1. The van der Waals surface area contributed by atoms with Crippen molar-refractivity contribution in [1.29, 1.82) is 0 Å². The number of carbonyl (C=O) groups is 1. The second kappa shape index (κ2) is 8.65. The predicted molar refractivity (Wildman–Crippen MR) is 107 cm³/mol. The Balaban J connectivity index is 1.92. The van der Waals surface area contributed by atoms with Crippen molar-refractivity contribution in [2.45, 2.75) is 46.5 Å². The van der Waals surface area contributed by atoms with Crippen LogP contribution in [0.25, 0.3) is 0 Å². The molecule has 0 bridgehead atoms. The molecule has 0 saturated heterocycles. The number of hydrazone groups is 1. The Bertz CT molecular complexity index is 772. The number of hydrogen-bond donors (Lipinski definition) is 1. The molecule has 0 radical (unpaired) electrons. The number of aryl methyl sites for hydroxylation is 2. The molecule has 0 aliphatic heterocycles. The molecule has 1 N–H and O–H groups in total. The summed E-state index contributed by atoms with van der Waals surface area (Å²) in [5.41, 5.74) is 6.85. The summed E-state index contributed by atoms with van der Waals surface area (Å²) >= 11 is 0. The minimum absolute atomic E-state index is 0.0533. The molecule has 138 valence electrons. The van der Waals surface area contributed by atoms with Crippen LogP contribution in [0.2, 0.25) is 0 Å². The number of rotatable bonds is 6. The highest BCUT2D eigenvalue weighted by atomic mass is 16.5. The molecule has 2 rings (SSSR count). The van der Waals surface area contributed by atoms with Gasteiger partial charge in [0.1, 0.15) is 5.75 Å². The van der Waals surface area contributed by atoms with Gasteiger partial charge < -0.3 is 4.74 Å². The average Bonchev–Trinajstić information content (AvgIpc) is 2.59. The molecule has 0 aliphatic rings. The van der Waals surface area contributed by atoms with Crippen LogP contribution in [0.3, 0.4) is 0 Å². The zero-order valence-corrected chi connectivity index (χ0v) is 16.3. The lowest BCUT2D eigenvalue weighted by Crippen LogP contribution is -2.25. The third kappa shape index (κ3) is 5.73. The lowest BCUT2D eigenvalue weighted by molar-refractivity contribution is -0.123. The quantitative estimate of drug-likeness (QED) is 0.619. The first-order chi connectivity index (χ1) is 12.3. The van der Waals surface area contributed by atoms with E-state index in [1.54, 1.807) is 6.21 Å². The second-order valence-corrected chi connectivity index (χ2v) is 7.43. The lowest BCUT2D eigenvalue weighted by Gasteiger charge is -2.23. The molecule has 0 saturated carbocycles. The van der Waals surface area contributed by atoms with Crippen LogP contribution in [0.1, 0.15) is 49.9 Å². The fourth-order valence-corrected chi connectivity index (χ4v) is 2.56. The van der Waals surface area contributed by atoms with Gasteiger partial charge in [0.15, 0.2) is 6.61 Å². The van der Waals surface area contributed by atoms with E-state index in [1.807, 2.05) is 25.1 Å². The first-order valence-corrected chi connectivity index (χ1v) is 8.94. The van der Waals surface area contributed by atoms with Gasteiger partial charge in [-0.25, -0.2) is 5.43 Å². The summed E-state index contributed by atoms with van der Waals surface area (Å²) in [6.45, 7) is 10.4. The van der Waals surface area contributed by atoms with Crippen molar-refractivity contribution in [3.63, 3.8) is 0 Å². The molecule has 0 spiro atoms. The molecule has 0 aliphatic carbocycles. The van der Waals surface area contributed by atoms with Gasteiger partial charge in [0, 0.05) is 0 Å². The molecular weight excluding hydrogens is 324 g/mol. The number of benzene rings is 2. The van der Waals surface area contributed by atoms with E-state index in [9.17, 15) is 4.79 Å². The van der Waals surface area contributed by atoms with E-state index in [0.717, 1.165) is 28.9 Å². The summed E-state index contributed by atoms with van der Waals surface area (Å²) in [4.78, 5) is 12.0. The number of ether oxygens (including phenoxy) is 1. The van der Waals surface area contributed by atoms with Crippen molar-refractivity contribution in [3.8, 4) is 5.75 Å². The van der Waals surface area contributed by atoms with E-state index < -0.39 is 0 Å². The largest absolute Gasteiger partial charge is 0.483 e. The molecule has 1 amide bonds. The molecule has 4 heteroatoms. The zero-order chi connectivity index (χ0) is 19.2. The van der Waals surface area contributed by atoms with Crippen LogP contribution in [0, 0.1) is 6.92 Å². The van der Waals surface area contributed by atoms with Gasteiger partial charge in [-0.15, -0.1) is 0 Å². The molecule has 0 atom stereocenters. The number of nitrogens with zero attached hydrogens (tertiary/aromatic N) is 1.